The summed E-state index contributed by atoms with van der Waals surface area (Å²) in [4.78, 5) is 12.9. The number of nitrogens with zero attached hydrogens (tertiary/aromatic N) is 1. The lowest BCUT2D eigenvalue weighted by Crippen LogP contribution is -2.57. The van der Waals surface area contributed by atoms with Crippen LogP contribution in [0.15, 0.2) is 83.8 Å². The van der Waals surface area contributed by atoms with E-state index < -0.39 is 34.4 Å². The van der Waals surface area contributed by atoms with Gasteiger partial charge in [-0.05, 0) is 54.3 Å². The van der Waals surface area contributed by atoms with E-state index in [1.165, 1.54) is 16.4 Å². The molecule has 5 rings (SSSR count). The molecule has 2 saturated heterocycles. The van der Waals surface area contributed by atoms with Crippen LogP contribution in [0, 0.1) is 0 Å². The van der Waals surface area contributed by atoms with Gasteiger partial charge in [0.25, 0.3) is 0 Å². The number of β-amino-alcohol motifs (C(OH)–C–C–N with tert-alkyl or cyclic N) is 1. The molecule has 3 aromatic rings. The molecule has 2 heterocycles. The molecule has 2 aliphatic heterocycles. The number of aliphatic hydroxyl groups is 1. The SMILES string of the molecule is O=C(C[C@H]1CC[C@H]2[C@@H](COC[C@@H](O)CN2S(=O)(=O)c2cccc(Cl)c2)O1)Nc1ccc(-c2ccccc2)cc1. The zero-order chi connectivity index (χ0) is 27.4. The van der Waals surface area contributed by atoms with Crippen molar-refractivity contribution in [3.63, 3.8) is 0 Å². The molecule has 0 radical (unpaired) electrons. The number of rotatable bonds is 6. The Morgan fingerprint density at radius 3 is 2.46 bits per heavy atom. The molecule has 0 unspecified atom stereocenters. The second-order valence-corrected chi connectivity index (χ2v) is 12.2. The maximum atomic E-state index is 13.6. The Bertz CT molecular complexity index is 1390. The van der Waals surface area contributed by atoms with Gasteiger partial charge in [-0.25, -0.2) is 8.42 Å². The second-order valence-electron chi connectivity index (χ2n) is 9.86. The highest BCUT2D eigenvalue weighted by atomic mass is 35.5. The fraction of sp³-hybridized carbons (Fsp3) is 0.345. The third-order valence-corrected chi connectivity index (χ3v) is 9.15. The average molecular weight is 571 g/mol. The summed E-state index contributed by atoms with van der Waals surface area (Å²) in [6.45, 7) is -0.0237. The molecule has 2 aliphatic rings. The summed E-state index contributed by atoms with van der Waals surface area (Å²) in [5, 5.41) is 13.6. The molecule has 2 fully saturated rings. The summed E-state index contributed by atoms with van der Waals surface area (Å²) in [6.07, 6.45) is -0.866. The standard InChI is InChI=1S/C29H31ClN2O6S/c30-22-7-4-8-26(15-22)39(35,36)32-17-24(33)18-37-19-28-27(32)14-13-25(38-28)16-29(34)31-23-11-9-21(10-12-23)20-5-2-1-3-6-20/h1-12,15,24-25,27-28,33H,13-14,16-19H2,(H,31,34)/t24-,25+,27-,28+/m0/s1. The quantitative estimate of drug-likeness (QED) is 0.457. The van der Waals surface area contributed by atoms with E-state index in [2.05, 4.69) is 5.32 Å². The monoisotopic (exact) mass is 570 g/mol. The van der Waals surface area contributed by atoms with Crippen LogP contribution in [0.3, 0.4) is 0 Å². The number of hydrogen-bond donors (Lipinski definition) is 2. The molecular formula is C29H31ClN2O6S. The van der Waals surface area contributed by atoms with Crippen LogP contribution in [-0.2, 0) is 24.3 Å². The highest BCUT2D eigenvalue weighted by molar-refractivity contribution is 7.89. The summed E-state index contributed by atoms with van der Waals surface area (Å²) >= 11 is 6.06. The molecule has 8 nitrogen and oxygen atoms in total. The molecule has 1 amide bonds. The van der Waals surface area contributed by atoms with Crippen molar-refractivity contribution in [2.75, 3.05) is 25.1 Å². The van der Waals surface area contributed by atoms with E-state index in [9.17, 15) is 18.3 Å². The third kappa shape index (κ3) is 6.69. The third-order valence-electron chi connectivity index (χ3n) is 7.03. The van der Waals surface area contributed by atoms with Crippen LogP contribution in [0.4, 0.5) is 5.69 Å². The van der Waals surface area contributed by atoms with Gasteiger partial charge in [0.2, 0.25) is 15.9 Å². The van der Waals surface area contributed by atoms with Crippen molar-refractivity contribution in [1.82, 2.24) is 4.31 Å². The van der Waals surface area contributed by atoms with Crippen molar-refractivity contribution in [3.05, 3.63) is 83.9 Å². The van der Waals surface area contributed by atoms with E-state index in [0.717, 1.165) is 11.1 Å². The van der Waals surface area contributed by atoms with E-state index in [0.29, 0.717) is 23.6 Å². The van der Waals surface area contributed by atoms with Crippen molar-refractivity contribution in [1.29, 1.82) is 0 Å². The zero-order valence-corrected chi connectivity index (χ0v) is 22.9. The summed E-state index contributed by atoms with van der Waals surface area (Å²) < 4.78 is 40.3. The Labute approximate surface area is 233 Å². The second kappa shape index (κ2) is 12.2. The van der Waals surface area contributed by atoms with Crippen LogP contribution in [-0.4, -0.2) is 67.8 Å². The number of amides is 1. The number of nitrogens with one attached hydrogen (secondary N) is 1. The smallest absolute Gasteiger partial charge is 0.243 e. The number of carbonyl (C=O) groups excluding carboxylic acids is 1. The molecule has 0 aliphatic carbocycles. The van der Waals surface area contributed by atoms with Gasteiger partial charge >= 0.3 is 0 Å². The minimum Gasteiger partial charge on any atom is -0.389 e. The minimum atomic E-state index is -3.96. The molecule has 2 N–H and O–H groups in total. The molecule has 0 bridgehead atoms. The van der Waals surface area contributed by atoms with E-state index in [1.807, 2.05) is 54.6 Å². The summed E-state index contributed by atoms with van der Waals surface area (Å²) in [5.41, 5.74) is 2.85. The number of benzene rings is 3. The van der Waals surface area contributed by atoms with Crippen molar-refractivity contribution in [3.8, 4) is 11.1 Å². The van der Waals surface area contributed by atoms with Crippen molar-refractivity contribution >= 4 is 33.2 Å². The number of aliphatic hydroxyl groups excluding tert-OH is 1. The van der Waals surface area contributed by atoms with Gasteiger partial charge in [0, 0.05) is 17.3 Å². The average Bonchev–Trinajstić information content (AvgIpc) is 2.92. The van der Waals surface area contributed by atoms with Crippen LogP contribution in [0.25, 0.3) is 11.1 Å². The first-order valence-electron chi connectivity index (χ1n) is 12.9. The first-order chi connectivity index (χ1) is 18.8. The Morgan fingerprint density at radius 1 is 0.974 bits per heavy atom. The van der Waals surface area contributed by atoms with Crippen LogP contribution in [0.2, 0.25) is 5.02 Å². The summed E-state index contributed by atoms with van der Waals surface area (Å²) in [5.74, 6) is -0.184. The Balaban J connectivity index is 1.24. The molecule has 4 atom stereocenters. The molecule has 10 heteroatoms. The first-order valence-corrected chi connectivity index (χ1v) is 14.8. The number of sulfonamides is 1. The van der Waals surface area contributed by atoms with Gasteiger partial charge in [0.15, 0.2) is 0 Å². The van der Waals surface area contributed by atoms with Gasteiger partial charge in [-0.1, -0.05) is 60.1 Å². The lowest BCUT2D eigenvalue weighted by Gasteiger charge is -2.43. The van der Waals surface area contributed by atoms with Gasteiger partial charge in [-0.2, -0.15) is 4.31 Å². The molecule has 206 valence electrons. The minimum absolute atomic E-state index is 0.0156. The highest BCUT2D eigenvalue weighted by Crippen LogP contribution is 2.32. The van der Waals surface area contributed by atoms with Crippen LogP contribution in [0.1, 0.15) is 19.3 Å². The number of anilines is 1. The van der Waals surface area contributed by atoms with Gasteiger partial charge in [-0.15, -0.1) is 0 Å². The van der Waals surface area contributed by atoms with E-state index in [1.54, 1.807) is 12.1 Å². The van der Waals surface area contributed by atoms with E-state index >= 15 is 0 Å². The predicted molar refractivity (Wildman–Crippen MR) is 149 cm³/mol. The Morgan fingerprint density at radius 2 is 1.72 bits per heavy atom. The van der Waals surface area contributed by atoms with Gasteiger partial charge in [0.05, 0.1) is 48.9 Å². The maximum absolute atomic E-state index is 13.6. The Hall–Kier alpha value is -2.79. The summed E-state index contributed by atoms with van der Waals surface area (Å²) in [7, 11) is -3.96. The molecule has 0 saturated carbocycles. The zero-order valence-electron chi connectivity index (χ0n) is 21.3. The highest BCUT2D eigenvalue weighted by Gasteiger charge is 2.43. The van der Waals surface area contributed by atoms with Crippen molar-refractivity contribution < 1.29 is 27.8 Å². The molecule has 3 aromatic carbocycles. The number of fused-ring (bicyclic) bond motifs is 1. The molecule has 39 heavy (non-hydrogen) atoms. The van der Waals surface area contributed by atoms with Gasteiger partial charge in [0.1, 0.15) is 0 Å². The normalized spacial score (nSPS) is 24.3. The summed E-state index contributed by atoms with van der Waals surface area (Å²) in [6, 6.07) is 23.2. The number of carbonyl (C=O) groups is 1. The molecular weight excluding hydrogens is 540 g/mol. The Kier molecular flexibility index (Phi) is 8.66. The van der Waals surface area contributed by atoms with E-state index in [4.69, 9.17) is 21.1 Å². The lowest BCUT2D eigenvalue weighted by atomic mass is 9.96. The number of hydrogen-bond acceptors (Lipinski definition) is 6. The lowest BCUT2D eigenvalue weighted by molar-refractivity contribution is -0.144. The molecule has 0 aromatic heterocycles. The van der Waals surface area contributed by atoms with Crippen LogP contribution < -0.4 is 5.32 Å². The number of halogens is 1. The maximum Gasteiger partial charge on any atom is 0.243 e. The van der Waals surface area contributed by atoms with Gasteiger partial charge in [-0.3, -0.25) is 4.79 Å². The van der Waals surface area contributed by atoms with Crippen LogP contribution in [0.5, 0.6) is 0 Å². The number of ether oxygens (including phenoxy) is 2. The van der Waals surface area contributed by atoms with Crippen molar-refractivity contribution in [2.45, 2.75) is 48.5 Å². The largest absolute Gasteiger partial charge is 0.389 e. The van der Waals surface area contributed by atoms with Gasteiger partial charge < -0.3 is 19.9 Å². The topological polar surface area (TPSA) is 105 Å². The van der Waals surface area contributed by atoms with Crippen molar-refractivity contribution in [2.24, 2.45) is 0 Å². The fourth-order valence-corrected chi connectivity index (χ4v) is 7.15. The first kappa shape index (κ1) is 27.8. The van der Waals surface area contributed by atoms with Crippen LogP contribution >= 0.6 is 11.6 Å². The fourth-order valence-electron chi connectivity index (χ4n) is 5.13. The van der Waals surface area contributed by atoms with E-state index in [-0.39, 0.29) is 37.0 Å². The predicted octanol–water partition coefficient (Wildman–Crippen LogP) is 4.33. The molecule has 0 spiro atoms.